The summed E-state index contributed by atoms with van der Waals surface area (Å²) < 4.78 is 4.60. The van der Waals surface area contributed by atoms with Crippen LogP contribution in [0.2, 0.25) is 0 Å². The predicted molar refractivity (Wildman–Crippen MR) is 99.6 cm³/mol. The number of unbranched alkanes of at least 4 members (excludes halogenated alkanes) is 1. The Labute approximate surface area is 153 Å². The first-order chi connectivity index (χ1) is 12.3. The minimum atomic E-state index is -0.254. The number of hydrogen-bond donors (Lipinski definition) is 2. The topological polar surface area (TPSA) is 88.3 Å². The number of methoxy groups -OCH3 is 1. The molecule has 6 nitrogen and oxygen atoms in total. The van der Waals surface area contributed by atoms with Crippen molar-refractivity contribution in [3.63, 3.8) is 0 Å². The molecule has 0 spiro atoms. The quantitative estimate of drug-likeness (QED) is 0.444. The number of nitrogens with one attached hydrogen (secondary N) is 2. The molecule has 2 rings (SSSR count). The number of aromatic nitrogens is 1. The fraction of sp³-hybridized carbons (Fsp3) is 0.450. The van der Waals surface area contributed by atoms with Gasteiger partial charge in [-0.05, 0) is 63.3 Å². The largest absolute Gasteiger partial charge is 0.469 e. The lowest BCUT2D eigenvalue weighted by Gasteiger charge is -2.01. The van der Waals surface area contributed by atoms with E-state index in [0.717, 1.165) is 28.1 Å². The average Bonchev–Trinajstić information content (AvgIpc) is 3.03. The first kappa shape index (κ1) is 19.7. The molecule has 1 aliphatic rings. The molecule has 1 aromatic heterocycles. The Kier molecular flexibility index (Phi) is 6.18. The zero-order chi connectivity index (χ0) is 19.4. The van der Waals surface area contributed by atoms with Crippen LogP contribution in [0.25, 0.3) is 6.08 Å². The van der Waals surface area contributed by atoms with Gasteiger partial charge in [-0.1, -0.05) is 0 Å². The minimum Gasteiger partial charge on any atom is -0.469 e. The molecule has 0 saturated carbocycles. The van der Waals surface area contributed by atoms with E-state index in [-0.39, 0.29) is 17.7 Å². The van der Waals surface area contributed by atoms with Crippen LogP contribution in [0.5, 0.6) is 0 Å². The highest BCUT2D eigenvalue weighted by molar-refractivity contribution is 6.01. The monoisotopic (exact) mass is 358 g/mol. The molecule has 1 aliphatic heterocycles. The molecule has 0 fully saturated rings. The third-order valence-corrected chi connectivity index (χ3v) is 4.99. The Bertz CT molecular complexity index is 812. The molecule has 0 saturated heterocycles. The summed E-state index contributed by atoms with van der Waals surface area (Å²) in [6.07, 6.45) is 3.85. The molecule has 0 bridgehead atoms. The fourth-order valence-electron chi connectivity index (χ4n) is 2.89. The van der Waals surface area contributed by atoms with Gasteiger partial charge in [-0.15, -0.1) is 0 Å². The number of esters is 1. The molecule has 0 atom stereocenters. The van der Waals surface area contributed by atoms with Gasteiger partial charge in [0.2, 0.25) is 0 Å². The second kappa shape index (κ2) is 8.17. The molecular weight excluding hydrogens is 332 g/mol. The number of carbonyl (C=O) groups is 3. The van der Waals surface area contributed by atoms with Crippen LogP contribution in [0.4, 0.5) is 0 Å². The van der Waals surface area contributed by atoms with Gasteiger partial charge in [0.1, 0.15) is 0 Å². The molecule has 1 amide bonds. The van der Waals surface area contributed by atoms with Crippen LogP contribution < -0.4 is 5.32 Å². The summed E-state index contributed by atoms with van der Waals surface area (Å²) in [6.45, 7) is 7.56. The Morgan fingerprint density at radius 1 is 1.00 bits per heavy atom. The first-order valence-corrected chi connectivity index (χ1v) is 8.76. The molecule has 2 N–H and O–H groups in total. The maximum absolute atomic E-state index is 12.5. The van der Waals surface area contributed by atoms with Crippen LogP contribution in [0, 0.1) is 13.8 Å². The molecule has 6 heteroatoms. The molecule has 2 heterocycles. The van der Waals surface area contributed by atoms with Crippen LogP contribution in [0.15, 0.2) is 16.8 Å². The van der Waals surface area contributed by atoms with Crippen molar-refractivity contribution in [3.05, 3.63) is 39.4 Å². The van der Waals surface area contributed by atoms with Gasteiger partial charge in [0.25, 0.3) is 5.91 Å². The maximum Gasteiger partial charge on any atom is 0.305 e. The van der Waals surface area contributed by atoms with E-state index in [4.69, 9.17) is 0 Å². The van der Waals surface area contributed by atoms with Crippen LogP contribution in [-0.4, -0.2) is 29.8 Å². The molecular formula is C20H26N2O4. The van der Waals surface area contributed by atoms with Crippen molar-refractivity contribution in [1.82, 2.24) is 10.3 Å². The van der Waals surface area contributed by atoms with Gasteiger partial charge in [0, 0.05) is 29.8 Å². The van der Waals surface area contributed by atoms with E-state index in [1.54, 1.807) is 6.92 Å². The summed E-state index contributed by atoms with van der Waals surface area (Å²) >= 11 is 0. The SMILES string of the molecule is COC(=O)CCCCC(=O)c1[nH]c(/C=C2\NC(=O)C(C)=C2C)c(C)c1C. The highest BCUT2D eigenvalue weighted by Gasteiger charge is 2.22. The summed E-state index contributed by atoms with van der Waals surface area (Å²) in [5.41, 5.74) is 5.70. The molecule has 140 valence electrons. The van der Waals surface area contributed by atoms with Crippen molar-refractivity contribution in [3.8, 4) is 0 Å². The number of carbonyl (C=O) groups excluding carboxylic acids is 3. The minimum absolute atomic E-state index is 0.0269. The van der Waals surface area contributed by atoms with Crippen LogP contribution >= 0.6 is 0 Å². The Morgan fingerprint density at radius 3 is 2.23 bits per heavy atom. The number of ether oxygens (including phenoxy) is 1. The van der Waals surface area contributed by atoms with Gasteiger partial charge in [-0.2, -0.15) is 0 Å². The van der Waals surface area contributed by atoms with E-state index in [1.807, 2.05) is 26.8 Å². The van der Waals surface area contributed by atoms with Crippen molar-refractivity contribution in [2.75, 3.05) is 7.11 Å². The van der Waals surface area contributed by atoms with Crippen LogP contribution in [0.1, 0.15) is 66.8 Å². The van der Waals surface area contributed by atoms with E-state index < -0.39 is 0 Å². The van der Waals surface area contributed by atoms with Gasteiger partial charge in [0.15, 0.2) is 5.78 Å². The summed E-state index contributed by atoms with van der Waals surface area (Å²) in [5, 5.41) is 2.84. The number of ketones is 1. The normalized spacial score (nSPS) is 15.6. The van der Waals surface area contributed by atoms with Gasteiger partial charge < -0.3 is 15.0 Å². The van der Waals surface area contributed by atoms with Gasteiger partial charge >= 0.3 is 5.97 Å². The number of Topliss-reactive ketones (excluding diaryl/α,β-unsaturated/α-hetero) is 1. The van der Waals surface area contributed by atoms with Gasteiger partial charge in [-0.25, -0.2) is 0 Å². The zero-order valence-electron chi connectivity index (χ0n) is 16.0. The molecule has 0 aromatic carbocycles. The molecule has 0 aliphatic carbocycles. The van der Waals surface area contributed by atoms with Crippen molar-refractivity contribution in [2.45, 2.75) is 53.4 Å². The van der Waals surface area contributed by atoms with E-state index in [0.29, 0.717) is 37.0 Å². The first-order valence-electron chi connectivity index (χ1n) is 8.76. The highest BCUT2D eigenvalue weighted by atomic mass is 16.5. The summed E-state index contributed by atoms with van der Waals surface area (Å²) in [4.78, 5) is 38.6. The number of allylic oxidation sites excluding steroid dienone is 1. The molecule has 0 unspecified atom stereocenters. The van der Waals surface area contributed by atoms with Crippen molar-refractivity contribution >= 4 is 23.7 Å². The van der Waals surface area contributed by atoms with E-state index in [2.05, 4.69) is 15.0 Å². The van der Waals surface area contributed by atoms with Gasteiger partial charge in [0.05, 0.1) is 12.8 Å². The number of rotatable bonds is 7. The number of H-pyrrole nitrogens is 1. The Hall–Kier alpha value is -2.63. The Balaban J connectivity index is 2.11. The van der Waals surface area contributed by atoms with Gasteiger partial charge in [-0.3, -0.25) is 14.4 Å². The zero-order valence-corrected chi connectivity index (χ0v) is 16.0. The second-order valence-electron chi connectivity index (χ2n) is 6.63. The lowest BCUT2D eigenvalue weighted by molar-refractivity contribution is -0.140. The van der Waals surface area contributed by atoms with E-state index in [9.17, 15) is 14.4 Å². The third kappa shape index (κ3) is 4.12. The van der Waals surface area contributed by atoms with E-state index >= 15 is 0 Å². The fourth-order valence-corrected chi connectivity index (χ4v) is 2.89. The van der Waals surface area contributed by atoms with Crippen LogP contribution in [-0.2, 0) is 14.3 Å². The molecule has 1 aromatic rings. The third-order valence-electron chi connectivity index (χ3n) is 4.99. The summed E-state index contributed by atoms with van der Waals surface area (Å²) in [5.74, 6) is -0.314. The summed E-state index contributed by atoms with van der Waals surface area (Å²) in [7, 11) is 1.36. The lowest BCUT2D eigenvalue weighted by atomic mass is 10.0. The summed E-state index contributed by atoms with van der Waals surface area (Å²) in [6, 6.07) is 0. The predicted octanol–water partition coefficient (Wildman–Crippen LogP) is 3.35. The highest BCUT2D eigenvalue weighted by Crippen LogP contribution is 2.26. The van der Waals surface area contributed by atoms with Crippen molar-refractivity contribution in [2.24, 2.45) is 0 Å². The van der Waals surface area contributed by atoms with Crippen LogP contribution in [0.3, 0.4) is 0 Å². The second-order valence-corrected chi connectivity index (χ2v) is 6.63. The van der Waals surface area contributed by atoms with E-state index in [1.165, 1.54) is 7.11 Å². The molecule has 0 radical (unpaired) electrons. The van der Waals surface area contributed by atoms with Crippen molar-refractivity contribution < 1.29 is 19.1 Å². The average molecular weight is 358 g/mol. The lowest BCUT2D eigenvalue weighted by Crippen LogP contribution is -2.15. The number of amides is 1. The smallest absolute Gasteiger partial charge is 0.305 e. The van der Waals surface area contributed by atoms with Crippen molar-refractivity contribution in [1.29, 1.82) is 0 Å². The maximum atomic E-state index is 12.5. The standard InChI is InChI=1S/C20H26N2O4/c1-11-13(3)19(17(23)8-6-7-9-18(24)26-5)21-15(11)10-16-12(2)14(4)20(25)22-16/h10,21H,6-9H2,1-5H3,(H,22,25)/b16-10-. The Morgan fingerprint density at radius 2 is 1.65 bits per heavy atom. The number of hydrogen-bond acceptors (Lipinski definition) is 4. The molecule has 26 heavy (non-hydrogen) atoms. The number of aromatic amines is 1.